The quantitative estimate of drug-likeness (QED) is 0.538. The van der Waals surface area contributed by atoms with Gasteiger partial charge in [-0.25, -0.2) is 4.39 Å². The van der Waals surface area contributed by atoms with Gasteiger partial charge in [0, 0.05) is 30.8 Å². The molecule has 0 fully saturated rings. The molecular weight excluding hydrogens is 375 g/mol. The lowest BCUT2D eigenvalue weighted by molar-refractivity contribution is 0.100. The summed E-state index contributed by atoms with van der Waals surface area (Å²) in [7, 11) is 2.99. The van der Waals surface area contributed by atoms with Gasteiger partial charge in [0.2, 0.25) is 0 Å². The number of nitrogens with one attached hydrogen (secondary N) is 1. The van der Waals surface area contributed by atoms with Crippen molar-refractivity contribution in [3.05, 3.63) is 65.1 Å². The summed E-state index contributed by atoms with van der Waals surface area (Å²) in [5.74, 6) is -0.885. The number of aromatic nitrogens is 1. The van der Waals surface area contributed by atoms with Crippen LogP contribution in [0.5, 0.6) is 5.75 Å². The Bertz CT molecular complexity index is 1040. The molecule has 0 saturated carbocycles. The molecule has 1 aromatic heterocycles. The van der Waals surface area contributed by atoms with Crippen molar-refractivity contribution >= 4 is 22.5 Å². The SMILES string of the molecule is COCc1cnc2c(C(N)=O)cccc2c1N[C@H](CN)c1ccc(OC)c(F)c1. The number of carbonyl (C=O) groups excluding carboxylic acids is 1. The molecule has 7 nitrogen and oxygen atoms in total. The van der Waals surface area contributed by atoms with Gasteiger partial charge in [-0.3, -0.25) is 9.78 Å². The number of fused-ring (bicyclic) bond motifs is 1. The van der Waals surface area contributed by atoms with Crippen LogP contribution in [-0.4, -0.2) is 31.7 Å². The Kier molecular flexibility index (Phi) is 6.26. The fourth-order valence-electron chi connectivity index (χ4n) is 3.25. The molecule has 3 aromatic rings. The van der Waals surface area contributed by atoms with E-state index in [1.807, 2.05) is 6.07 Å². The molecule has 0 spiro atoms. The number of pyridine rings is 1. The Morgan fingerprint density at radius 2 is 2.07 bits per heavy atom. The summed E-state index contributed by atoms with van der Waals surface area (Å²) in [6.07, 6.45) is 1.63. The summed E-state index contributed by atoms with van der Waals surface area (Å²) in [5.41, 5.74) is 14.4. The average molecular weight is 398 g/mol. The lowest BCUT2D eigenvalue weighted by atomic mass is 10.0. The van der Waals surface area contributed by atoms with Crippen LogP contribution in [-0.2, 0) is 11.3 Å². The molecule has 0 saturated heterocycles. The largest absolute Gasteiger partial charge is 0.494 e. The fraction of sp³-hybridized carbons (Fsp3) is 0.238. The maximum absolute atomic E-state index is 14.2. The van der Waals surface area contributed by atoms with Crippen molar-refractivity contribution in [2.75, 3.05) is 26.1 Å². The summed E-state index contributed by atoms with van der Waals surface area (Å²) in [4.78, 5) is 16.2. The number of nitrogens with two attached hydrogens (primary N) is 2. The van der Waals surface area contributed by atoms with Gasteiger partial charge in [0.1, 0.15) is 0 Å². The van der Waals surface area contributed by atoms with Crippen LogP contribution in [0.1, 0.15) is 27.5 Å². The van der Waals surface area contributed by atoms with E-state index >= 15 is 0 Å². The van der Waals surface area contributed by atoms with E-state index < -0.39 is 17.8 Å². The molecule has 0 radical (unpaired) electrons. The maximum Gasteiger partial charge on any atom is 0.250 e. The van der Waals surface area contributed by atoms with E-state index in [4.69, 9.17) is 20.9 Å². The third-order valence-corrected chi connectivity index (χ3v) is 4.67. The van der Waals surface area contributed by atoms with Crippen LogP contribution in [0.25, 0.3) is 10.9 Å². The Balaban J connectivity index is 2.11. The summed E-state index contributed by atoms with van der Waals surface area (Å²) in [5, 5.41) is 4.07. The van der Waals surface area contributed by atoms with Crippen molar-refractivity contribution in [3.8, 4) is 5.75 Å². The number of ether oxygens (including phenoxy) is 2. The lowest BCUT2D eigenvalue weighted by Gasteiger charge is -2.23. The molecule has 152 valence electrons. The number of carbonyl (C=O) groups is 1. The van der Waals surface area contributed by atoms with E-state index in [1.165, 1.54) is 13.2 Å². The normalized spacial score (nSPS) is 12.0. The van der Waals surface area contributed by atoms with Gasteiger partial charge >= 0.3 is 0 Å². The van der Waals surface area contributed by atoms with E-state index in [-0.39, 0.29) is 12.3 Å². The molecule has 0 aliphatic carbocycles. The van der Waals surface area contributed by atoms with Gasteiger partial charge in [-0.05, 0) is 23.8 Å². The molecule has 1 atom stereocenters. The number of amides is 1. The highest BCUT2D eigenvalue weighted by Gasteiger charge is 2.18. The van der Waals surface area contributed by atoms with Crippen molar-refractivity contribution in [2.24, 2.45) is 11.5 Å². The van der Waals surface area contributed by atoms with Crippen LogP contribution in [0.3, 0.4) is 0 Å². The van der Waals surface area contributed by atoms with Crippen LogP contribution in [0.4, 0.5) is 10.1 Å². The zero-order valence-corrected chi connectivity index (χ0v) is 16.2. The third-order valence-electron chi connectivity index (χ3n) is 4.67. The molecule has 29 heavy (non-hydrogen) atoms. The minimum atomic E-state index is -0.568. The number of nitrogens with zero attached hydrogens (tertiary/aromatic N) is 1. The van der Waals surface area contributed by atoms with Gasteiger partial charge in [0.05, 0.1) is 36.5 Å². The molecular formula is C21H23FN4O3. The van der Waals surface area contributed by atoms with Gasteiger partial charge in [0.25, 0.3) is 5.91 Å². The Morgan fingerprint density at radius 3 is 2.69 bits per heavy atom. The lowest BCUT2D eigenvalue weighted by Crippen LogP contribution is -2.22. The minimum absolute atomic E-state index is 0.157. The number of hydrogen-bond donors (Lipinski definition) is 3. The number of halogens is 1. The van der Waals surface area contributed by atoms with E-state index in [0.717, 1.165) is 5.56 Å². The fourth-order valence-corrected chi connectivity index (χ4v) is 3.25. The molecule has 2 aromatic carbocycles. The van der Waals surface area contributed by atoms with Crippen molar-refractivity contribution in [1.29, 1.82) is 0 Å². The van der Waals surface area contributed by atoms with Gasteiger partial charge in [-0.15, -0.1) is 0 Å². The van der Waals surface area contributed by atoms with Crippen LogP contribution in [0.15, 0.2) is 42.6 Å². The minimum Gasteiger partial charge on any atom is -0.494 e. The highest BCUT2D eigenvalue weighted by molar-refractivity contribution is 6.08. The molecule has 1 heterocycles. The van der Waals surface area contributed by atoms with Crippen molar-refractivity contribution < 1.29 is 18.7 Å². The summed E-state index contributed by atoms with van der Waals surface area (Å²) < 4.78 is 24.5. The Hall–Kier alpha value is -3.23. The predicted octanol–water partition coefficient (Wildman–Crippen LogP) is 2.74. The monoisotopic (exact) mass is 398 g/mol. The summed E-state index contributed by atoms with van der Waals surface area (Å²) >= 11 is 0. The average Bonchev–Trinajstić information content (AvgIpc) is 2.72. The molecule has 1 amide bonds. The van der Waals surface area contributed by atoms with Crippen LogP contribution < -0.4 is 21.5 Å². The van der Waals surface area contributed by atoms with Crippen molar-refractivity contribution in [3.63, 3.8) is 0 Å². The van der Waals surface area contributed by atoms with E-state index in [0.29, 0.717) is 34.3 Å². The number of para-hydroxylation sites is 1. The van der Waals surface area contributed by atoms with Gasteiger partial charge in [0.15, 0.2) is 11.6 Å². The standard InChI is InChI=1S/C21H23FN4O3/c1-28-11-13-10-25-20-14(4-3-5-15(20)21(24)27)19(13)26-17(9-23)12-6-7-18(29-2)16(22)8-12/h3-8,10,17H,9,11,23H2,1-2H3,(H2,24,27)(H,25,26)/t17-/m1/s1. The topological polar surface area (TPSA) is 112 Å². The number of methoxy groups -OCH3 is 2. The second kappa shape index (κ2) is 8.85. The second-order valence-electron chi connectivity index (χ2n) is 6.48. The van der Waals surface area contributed by atoms with Crippen LogP contribution >= 0.6 is 0 Å². The third kappa shape index (κ3) is 4.13. The maximum atomic E-state index is 14.2. The molecule has 3 rings (SSSR count). The number of rotatable bonds is 8. The van der Waals surface area contributed by atoms with Gasteiger partial charge in [-0.2, -0.15) is 0 Å². The zero-order chi connectivity index (χ0) is 21.0. The van der Waals surface area contributed by atoms with Crippen LogP contribution in [0, 0.1) is 5.82 Å². The molecule has 0 unspecified atom stereocenters. The molecule has 0 aliphatic rings. The highest BCUT2D eigenvalue weighted by atomic mass is 19.1. The molecule has 8 heteroatoms. The zero-order valence-electron chi connectivity index (χ0n) is 16.2. The van der Waals surface area contributed by atoms with Gasteiger partial charge < -0.3 is 26.3 Å². The van der Waals surface area contributed by atoms with Crippen molar-refractivity contribution in [1.82, 2.24) is 4.98 Å². The Labute approximate surface area is 167 Å². The van der Waals surface area contributed by atoms with Gasteiger partial charge in [-0.1, -0.05) is 18.2 Å². The van der Waals surface area contributed by atoms with Crippen molar-refractivity contribution in [2.45, 2.75) is 12.6 Å². The number of benzene rings is 2. The molecule has 0 aliphatic heterocycles. The number of primary amides is 1. The van der Waals surface area contributed by atoms with E-state index in [9.17, 15) is 9.18 Å². The number of anilines is 1. The first kappa shape index (κ1) is 20.5. The Morgan fingerprint density at radius 1 is 1.28 bits per heavy atom. The van der Waals surface area contributed by atoms with E-state index in [2.05, 4.69) is 10.3 Å². The van der Waals surface area contributed by atoms with Crippen LogP contribution in [0.2, 0.25) is 0 Å². The first-order valence-electron chi connectivity index (χ1n) is 8.99. The molecule has 5 N–H and O–H groups in total. The second-order valence-corrected chi connectivity index (χ2v) is 6.48. The van der Waals surface area contributed by atoms with E-state index in [1.54, 1.807) is 37.6 Å². The summed E-state index contributed by atoms with van der Waals surface area (Å²) in [6.45, 7) is 0.498. The predicted molar refractivity (Wildman–Crippen MR) is 109 cm³/mol. The first-order chi connectivity index (χ1) is 14.0. The number of hydrogen-bond acceptors (Lipinski definition) is 6. The first-order valence-corrected chi connectivity index (χ1v) is 8.99. The molecule has 0 bridgehead atoms. The smallest absolute Gasteiger partial charge is 0.250 e. The highest BCUT2D eigenvalue weighted by Crippen LogP contribution is 2.32. The summed E-state index contributed by atoms with van der Waals surface area (Å²) in [6, 6.07) is 9.49.